The summed E-state index contributed by atoms with van der Waals surface area (Å²) < 4.78 is 5.43. The zero-order chi connectivity index (χ0) is 26.4. The van der Waals surface area contributed by atoms with Crippen molar-refractivity contribution in [3.63, 3.8) is 0 Å². The fraction of sp³-hybridized carbons (Fsp3) is 0.250. The van der Waals surface area contributed by atoms with Crippen LogP contribution in [0.4, 0.5) is 0 Å². The number of phenols is 1. The van der Waals surface area contributed by atoms with Gasteiger partial charge in [0.1, 0.15) is 24.7 Å². The minimum atomic E-state index is -0.968. The minimum absolute atomic E-state index is 0.0491. The number of aliphatic hydroxyl groups excluding tert-OH is 1. The topological polar surface area (TPSA) is 121 Å². The number of carbonyl (C=O) groups excluding carboxylic acids is 2. The molecule has 9 nitrogen and oxygen atoms in total. The van der Waals surface area contributed by atoms with E-state index in [-0.39, 0.29) is 31.2 Å². The van der Waals surface area contributed by atoms with Gasteiger partial charge in [-0.15, -0.1) is 0 Å². The van der Waals surface area contributed by atoms with Gasteiger partial charge in [-0.2, -0.15) is 0 Å². The van der Waals surface area contributed by atoms with Gasteiger partial charge < -0.3 is 30.0 Å². The van der Waals surface area contributed by atoms with Gasteiger partial charge in [0.2, 0.25) is 5.91 Å². The highest BCUT2D eigenvalue weighted by Crippen LogP contribution is 2.30. The molecule has 0 aromatic heterocycles. The zero-order valence-electron chi connectivity index (χ0n) is 20.6. The number of hydrogen-bond donors (Lipinski definition) is 3. The molecule has 2 amide bonds. The highest BCUT2D eigenvalue weighted by molar-refractivity contribution is 6.05. The maximum Gasteiger partial charge on any atom is 0.254 e. The summed E-state index contributed by atoms with van der Waals surface area (Å²) in [6.45, 7) is 0.103. The molecular formula is C28H29N3O6. The first-order valence-electron chi connectivity index (χ1n) is 11.8. The second-order valence-corrected chi connectivity index (χ2v) is 8.62. The second kappa shape index (κ2) is 11.6. The fourth-order valence-corrected chi connectivity index (χ4v) is 4.32. The summed E-state index contributed by atoms with van der Waals surface area (Å²) in [5.41, 5.74) is 3.35. The van der Waals surface area contributed by atoms with Gasteiger partial charge in [-0.1, -0.05) is 47.6 Å². The Labute approximate surface area is 214 Å². The molecule has 0 radical (unpaired) electrons. The van der Waals surface area contributed by atoms with Gasteiger partial charge in [-0.3, -0.25) is 9.59 Å². The normalized spacial score (nSPS) is 16.9. The van der Waals surface area contributed by atoms with E-state index in [9.17, 15) is 19.8 Å². The molecule has 192 valence electrons. The molecule has 3 N–H and O–H groups in total. The summed E-state index contributed by atoms with van der Waals surface area (Å²) in [5.74, 6) is 0.0963. The third kappa shape index (κ3) is 5.90. The molecule has 1 saturated heterocycles. The molecule has 1 fully saturated rings. The van der Waals surface area contributed by atoms with E-state index in [1.165, 1.54) is 24.1 Å². The van der Waals surface area contributed by atoms with Crippen molar-refractivity contribution in [1.29, 1.82) is 0 Å². The zero-order valence-corrected chi connectivity index (χ0v) is 20.6. The van der Waals surface area contributed by atoms with E-state index in [1.807, 2.05) is 36.4 Å². The predicted molar refractivity (Wildman–Crippen MR) is 138 cm³/mol. The standard InChI is InChI=1S/C28H29N3O6/c1-36-26-6-4-3-5-23(26)18-7-9-20(10-8-18)28(35)31-17-21(30-37-2)15-24(31)27(34)29-16-25(33)19-11-13-22(32)14-12-19/h3-14,24-25,32-33H,15-17H2,1-2H3,(H,29,34)/b30-21-/t24-,25?/m0/s1. The van der Waals surface area contributed by atoms with E-state index in [2.05, 4.69) is 10.5 Å². The summed E-state index contributed by atoms with van der Waals surface area (Å²) >= 11 is 0. The average molecular weight is 504 g/mol. The van der Waals surface area contributed by atoms with Crippen molar-refractivity contribution in [2.24, 2.45) is 5.16 Å². The highest BCUT2D eigenvalue weighted by atomic mass is 16.6. The van der Waals surface area contributed by atoms with Crippen molar-refractivity contribution in [2.45, 2.75) is 18.6 Å². The molecule has 4 rings (SSSR count). The lowest BCUT2D eigenvalue weighted by Gasteiger charge is -2.24. The van der Waals surface area contributed by atoms with Crippen molar-refractivity contribution in [1.82, 2.24) is 10.2 Å². The molecule has 9 heteroatoms. The van der Waals surface area contributed by atoms with E-state index in [1.54, 1.807) is 31.4 Å². The van der Waals surface area contributed by atoms with E-state index in [4.69, 9.17) is 9.57 Å². The fourth-order valence-electron chi connectivity index (χ4n) is 4.32. The number of likely N-dealkylation sites (tertiary alicyclic amines) is 1. The number of nitrogens with one attached hydrogen (secondary N) is 1. The quantitative estimate of drug-likeness (QED) is 0.406. The first kappa shape index (κ1) is 25.7. The minimum Gasteiger partial charge on any atom is -0.508 e. The lowest BCUT2D eigenvalue weighted by atomic mass is 10.0. The smallest absolute Gasteiger partial charge is 0.254 e. The van der Waals surface area contributed by atoms with Crippen LogP contribution in [-0.2, 0) is 9.63 Å². The van der Waals surface area contributed by atoms with Crippen LogP contribution in [0.2, 0.25) is 0 Å². The van der Waals surface area contributed by atoms with Gasteiger partial charge in [0.05, 0.1) is 25.5 Å². The number of aromatic hydroxyl groups is 1. The molecule has 1 aliphatic rings. The number of amides is 2. The molecule has 1 unspecified atom stereocenters. The van der Waals surface area contributed by atoms with E-state index in [0.29, 0.717) is 16.8 Å². The molecule has 1 aliphatic heterocycles. The van der Waals surface area contributed by atoms with Crippen LogP contribution in [0.3, 0.4) is 0 Å². The van der Waals surface area contributed by atoms with Crippen molar-refractivity contribution >= 4 is 17.5 Å². The number of ether oxygens (including phenoxy) is 1. The Hall–Kier alpha value is -4.37. The molecular weight excluding hydrogens is 474 g/mol. The number of rotatable bonds is 8. The van der Waals surface area contributed by atoms with E-state index in [0.717, 1.165) is 16.9 Å². The summed E-state index contributed by atoms with van der Waals surface area (Å²) in [7, 11) is 3.02. The molecule has 0 saturated carbocycles. The van der Waals surface area contributed by atoms with Crippen LogP contribution in [0.25, 0.3) is 11.1 Å². The molecule has 0 bridgehead atoms. The van der Waals surface area contributed by atoms with Crippen LogP contribution in [-0.4, -0.2) is 66.0 Å². The van der Waals surface area contributed by atoms with Crippen LogP contribution in [0, 0.1) is 0 Å². The number of benzene rings is 3. The number of oxime groups is 1. The van der Waals surface area contributed by atoms with E-state index < -0.39 is 18.1 Å². The van der Waals surface area contributed by atoms with Gasteiger partial charge in [-0.05, 0) is 41.5 Å². The van der Waals surface area contributed by atoms with Crippen molar-refractivity contribution < 1.29 is 29.4 Å². The number of hydrogen-bond acceptors (Lipinski definition) is 7. The average Bonchev–Trinajstić information content (AvgIpc) is 3.36. The third-order valence-corrected chi connectivity index (χ3v) is 6.24. The Morgan fingerprint density at radius 2 is 1.76 bits per heavy atom. The molecule has 3 aromatic rings. The summed E-state index contributed by atoms with van der Waals surface area (Å²) in [5, 5.41) is 26.5. The van der Waals surface area contributed by atoms with Crippen LogP contribution in [0.15, 0.2) is 78.0 Å². The Bertz CT molecular complexity index is 1270. The second-order valence-electron chi connectivity index (χ2n) is 8.62. The summed E-state index contributed by atoms with van der Waals surface area (Å²) in [4.78, 5) is 32.8. The number of nitrogens with zero attached hydrogens (tertiary/aromatic N) is 2. The van der Waals surface area contributed by atoms with Gasteiger partial charge in [-0.25, -0.2) is 0 Å². The maximum absolute atomic E-state index is 13.4. The predicted octanol–water partition coefficient (Wildman–Crippen LogP) is 3.13. The SMILES string of the molecule is CO/N=C1/C[C@@H](C(=O)NCC(O)c2ccc(O)cc2)N(C(=O)c2ccc(-c3ccccc3OC)cc2)C1. The Morgan fingerprint density at radius 3 is 2.43 bits per heavy atom. The Morgan fingerprint density at radius 1 is 1.05 bits per heavy atom. The highest BCUT2D eigenvalue weighted by Gasteiger charge is 2.38. The van der Waals surface area contributed by atoms with Crippen molar-refractivity contribution in [3.8, 4) is 22.6 Å². The maximum atomic E-state index is 13.4. The van der Waals surface area contributed by atoms with Crippen LogP contribution >= 0.6 is 0 Å². The van der Waals surface area contributed by atoms with Crippen LogP contribution < -0.4 is 10.1 Å². The summed E-state index contributed by atoms with van der Waals surface area (Å²) in [6, 6.07) is 20.0. The first-order valence-corrected chi connectivity index (χ1v) is 11.8. The van der Waals surface area contributed by atoms with Gasteiger partial charge >= 0.3 is 0 Å². The Balaban J connectivity index is 1.48. The molecule has 2 atom stereocenters. The van der Waals surface area contributed by atoms with Crippen LogP contribution in [0.5, 0.6) is 11.5 Å². The molecule has 37 heavy (non-hydrogen) atoms. The monoisotopic (exact) mass is 503 g/mol. The number of methoxy groups -OCH3 is 1. The van der Waals surface area contributed by atoms with Gasteiger partial charge in [0, 0.05) is 24.1 Å². The number of phenolic OH excluding ortho intramolecular Hbond substituents is 1. The summed E-state index contributed by atoms with van der Waals surface area (Å²) in [6.07, 6.45) is -0.746. The number of para-hydroxylation sites is 1. The lowest BCUT2D eigenvalue weighted by molar-refractivity contribution is -0.125. The number of aliphatic hydroxyl groups is 1. The van der Waals surface area contributed by atoms with E-state index >= 15 is 0 Å². The number of carbonyl (C=O) groups is 2. The Kier molecular flexibility index (Phi) is 8.05. The van der Waals surface area contributed by atoms with Crippen LogP contribution in [0.1, 0.15) is 28.4 Å². The first-order chi connectivity index (χ1) is 17.9. The van der Waals surface area contributed by atoms with Crippen molar-refractivity contribution in [3.05, 3.63) is 83.9 Å². The van der Waals surface area contributed by atoms with Crippen molar-refractivity contribution in [2.75, 3.05) is 27.3 Å². The molecule has 0 spiro atoms. The molecule has 1 heterocycles. The largest absolute Gasteiger partial charge is 0.508 e. The third-order valence-electron chi connectivity index (χ3n) is 6.24. The lowest BCUT2D eigenvalue weighted by Crippen LogP contribution is -2.46. The van der Waals surface area contributed by atoms with Gasteiger partial charge in [0.15, 0.2) is 0 Å². The van der Waals surface area contributed by atoms with Gasteiger partial charge in [0.25, 0.3) is 5.91 Å². The molecule has 0 aliphatic carbocycles. The molecule has 3 aromatic carbocycles.